The molecule has 1 N–H and O–H groups in total. The lowest BCUT2D eigenvalue weighted by Gasteiger charge is -2.41. The van der Waals surface area contributed by atoms with Crippen LogP contribution in [0, 0.1) is 5.41 Å². The zero-order valence-electron chi connectivity index (χ0n) is 20.4. The summed E-state index contributed by atoms with van der Waals surface area (Å²) < 4.78 is 17.1. The molecule has 2 aromatic rings. The van der Waals surface area contributed by atoms with E-state index in [0.29, 0.717) is 19.6 Å². The first-order valence-electron chi connectivity index (χ1n) is 11.6. The standard InChI is InChI=1S/C27H35NO6/c1-27(2)18-33-26(20-13-15-21(32-4)16-14-20)34-24(27)22(29)11-8-12-23(30)25(31)28(3)17-19-9-6-5-7-10-19/h5-7,9-10,13-16,23-24,26,30H,8,11-12,17-18H2,1-4H3/t23?,24-,26?/m0/s1. The summed E-state index contributed by atoms with van der Waals surface area (Å²) in [5.74, 6) is 0.331. The molecule has 0 spiro atoms. The predicted molar refractivity (Wildman–Crippen MR) is 128 cm³/mol. The maximum atomic E-state index is 13.0. The van der Waals surface area contributed by atoms with Gasteiger partial charge in [0.2, 0.25) is 0 Å². The highest BCUT2D eigenvalue weighted by Crippen LogP contribution is 2.37. The number of benzene rings is 2. The van der Waals surface area contributed by atoms with E-state index >= 15 is 0 Å². The zero-order valence-corrected chi connectivity index (χ0v) is 20.4. The molecule has 1 aliphatic rings. The number of aliphatic hydroxyl groups excluding tert-OH is 1. The molecule has 0 saturated carbocycles. The monoisotopic (exact) mass is 469 g/mol. The number of Topliss-reactive ketones (excluding diaryl/α,β-unsaturated/α-hetero) is 1. The van der Waals surface area contributed by atoms with Gasteiger partial charge in [-0.15, -0.1) is 0 Å². The van der Waals surface area contributed by atoms with Gasteiger partial charge in [-0.25, -0.2) is 0 Å². The summed E-state index contributed by atoms with van der Waals surface area (Å²) in [6.07, 6.45) is -1.58. The topological polar surface area (TPSA) is 85.3 Å². The Hall–Kier alpha value is -2.74. The number of hydrogen-bond donors (Lipinski definition) is 1. The van der Waals surface area contributed by atoms with Gasteiger partial charge in [0.1, 0.15) is 18.0 Å². The summed E-state index contributed by atoms with van der Waals surface area (Å²) in [5, 5.41) is 10.4. The van der Waals surface area contributed by atoms with E-state index in [9.17, 15) is 14.7 Å². The van der Waals surface area contributed by atoms with Crippen molar-refractivity contribution in [2.45, 2.75) is 58.2 Å². The van der Waals surface area contributed by atoms with Crippen LogP contribution in [0.3, 0.4) is 0 Å². The maximum absolute atomic E-state index is 13.0. The number of methoxy groups -OCH3 is 1. The van der Waals surface area contributed by atoms with Crippen molar-refractivity contribution in [1.82, 2.24) is 4.90 Å². The molecule has 2 aromatic carbocycles. The summed E-state index contributed by atoms with van der Waals surface area (Å²) in [6, 6.07) is 17.0. The molecular formula is C27H35NO6. The lowest BCUT2D eigenvalue weighted by atomic mass is 9.82. The average Bonchev–Trinajstić information content (AvgIpc) is 2.84. The highest BCUT2D eigenvalue weighted by atomic mass is 16.7. The van der Waals surface area contributed by atoms with Gasteiger partial charge in [0.05, 0.1) is 13.7 Å². The molecule has 1 amide bonds. The number of rotatable bonds is 10. The molecule has 1 aliphatic heterocycles. The van der Waals surface area contributed by atoms with Crippen molar-refractivity contribution in [1.29, 1.82) is 0 Å². The number of ether oxygens (including phenoxy) is 3. The minimum absolute atomic E-state index is 0.0518. The lowest BCUT2D eigenvalue weighted by Crippen LogP contribution is -2.47. The fourth-order valence-corrected chi connectivity index (χ4v) is 4.07. The largest absolute Gasteiger partial charge is 0.497 e. The van der Waals surface area contributed by atoms with E-state index in [2.05, 4.69) is 0 Å². The summed E-state index contributed by atoms with van der Waals surface area (Å²) >= 11 is 0. The first-order valence-corrected chi connectivity index (χ1v) is 11.6. The number of nitrogens with zero attached hydrogens (tertiary/aromatic N) is 1. The van der Waals surface area contributed by atoms with Gasteiger partial charge in [0.25, 0.3) is 5.91 Å². The van der Waals surface area contributed by atoms with E-state index in [1.54, 1.807) is 14.2 Å². The average molecular weight is 470 g/mol. The second kappa shape index (κ2) is 11.6. The van der Waals surface area contributed by atoms with Crippen molar-refractivity contribution in [2.24, 2.45) is 5.41 Å². The summed E-state index contributed by atoms with van der Waals surface area (Å²) in [6.45, 7) is 4.69. The van der Waals surface area contributed by atoms with E-state index in [0.717, 1.165) is 16.9 Å². The first-order chi connectivity index (χ1) is 16.2. The number of aliphatic hydroxyl groups is 1. The normalized spacial score (nSPS) is 20.4. The van der Waals surface area contributed by atoms with E-state index in [-0.39, 0.29) is 24.5 Å². The smallest absolute Gasteiger partial charge is 0.251 e. The van der Waals surface area contributed by atoms with Crippen molar-refractivity contribution in [3.63, 3.8) is 0 Å². The van der Waals surface area contributed by atoms with Gasteiger partial charge < -0.3 is 24.2 Å². The molecule has 0 aromatic heterocycles. The van der Waals surface area contributed by atoms with Crippen LogP contribution in [0.25, 0.3) is 0 Å². The summed E-state index contributed by atoms with van der Waals surface area (Å²) in [7, 11) is 3.27. The third-order valence-electron chi connectivity index (χ3n) is 6.08. The van der Waals surface area contributed by atoms with E-state index < -0.39 is 23.9 Å². The van der Waals surface area contributed by atoms with E-state index in [1.807, 2.05) is 68.4 Å². The van der Waals surface area contributed by atoms with Gasteiger partial charge in [-0.05, 0) is 30.5 Å². The van der Waals surface area contributed by atoms with Crippen LogP contribution in [0.2, 0.25) is 0 Å². The maximum Gasteiger partial charge on any atom is 0.251 e. The quantitative estimate of drug-likeness (QED) is 0.568. The van der Waals surface area contributed by atoms with Gasteiger partial charge in [0, 0.05) is 31.0 Å². The van der Waals surface area contributed by atoms with Crippen LogP contribution in [0.4, 0.5) is 0 Å². The molecular weight excluding hydrogens is 434 g/mol. The molecule has 3 atom stereocenters. The number of hydrogen-bond acceptors (Lipinski definition) is 6. The molecule has 7 heteroatoms. The fourth-order valence-electron chi connectivity index (χ4n) is 4.07. The van der Waals surface area contributed by atoms with Crippen LogP contribution in [0.15, 0.2) is 54.6 Å². The molecule has 184 valence electrons. The lowest BCUT2D eigenvalue weighted by molar-refractivity contribution is -0.257. The Morgan fingerprint density at radius 1 is 1.15 bits per heavy atom. The predicted octanol–water partition coefficient (Wildman–Crippen LogP) is 3.89. The Balaban J connectivity index is 1.51. The molecule has 1 heterocycles. The Bertz CT molecular complexity index is 943. The van der Waals surface area contributed by atoms with Gasteiger partial charge in [-0.1, -0.05) is 56.3 Å². The molecule has 0 radical (unpaired) electrons. The van der Waals surface area contributed by atoms with Crippen molar-refractivity contribution in [2.75, 3.05) is 20.8 Å². The minimum Gasteiger partial charge on any atom is -0.497 e. The van der Waals surface area contributed by atoms with Gasteiger partial charge in [-0.2, -0.15) is 0 Å². The van der Waals surface area contributed by atoms with Crippen LogP contribution < -0.4 is 4.74 Å². The Labute approximate surface area is 201 Å². The van der Waals surface area contributed by atoms with Gasteiger partial charge in [-0.3, -0.25) is 9.59 Å². The molecule has 0 aliphatic carbocycles. The number of amides is 1. The van der Waals surface area contributed by atoms with Gasteiger partial charge >= 0.3 is 0 Å². The second-order valence-corrected chi connectivity index (χ2v) is 9.48. The van der Waals surface area contributed by atoms with E-state index in [1.165, 1.54) is 4.90 Å². The molecule has 2 unspecified atom stereocenters. The van der Waals surface area contributed by atoms with Crippen LogP contribution in [0.1, 0.15) is 50.5 Å². The van der Waals surface area contributed by atoms with Crippen LogP contribution in [0.5, 0.6) is 5.75 Å². The molecule has 0 bridgehead atoms. The Morgan fingerprint density at radius 3 is 2.47 bits per heavy atom. The third-order valence-corrected chi connectivity index (χ3v) is 6.08. The van der Waals surface area contributed by atoms with Crippen molar-refractivity contribution < 1.29 is 28.9 Å². The Morgan fingerprint density at radius 2 is 1.82 bits per heavy atom. The molecule has 3 rings (SSSR count). The van der Waals surface area contributed by atoms with Crippen molar-refractivity contribution in [3.05, 3.63) is 65.7 Å². The Kier molecular flexibility index (Phi) is 8.83. The summed E-state index contributed by atoms with van der Waals surface area (Å²) in [4.78, 5) is 27.1. The molecule has 1 saturated heterocycles. The highest BCUT2D eigenvalue weighted by Gasteiger charge is 2.42. The van der Waals surface area contributed by atoms with E-state index in [4.69, 9.17) is 14.2 Å². The second-order valence-electron chi connectivity index (χ2n) is 9.48. The van der Waals surface area contributed by atoms with Crippen molar-refractivity contribution in [3.8, 4) is 5.75 Å². The first kappa shape index (κ1) is 25.9. The zero-order chi connectivity index (χ0) is 24.7. The van der Waals surface area contributed by atoms with Crippen LogP contribution >= 0.6 is 0 Å². The van der Waals surface area contributed by atoms with Crippen LogP contribution in [-0.2, 0) is 25.6 Å². The number of ketones is 1. The SMILES string of the molecule is COc1ccc(C2OCC(C)(C)[C@H](C(=O)CCCC(O)C(=O)N(C)Cc3ccccc3)O2)cc1. The fraction of sp³-hybridized carbons (Fsp3) is 0.481. The summed E-state index contributed by atoms with van der Waals surface area (Å²) in [5.41, 5.74) is 1.33. The highest BCUT2D eigenvalue weighted by molar-refractivity contribution is 5.84. The third kappa shape index (κ3) is 6.65. The molecule has 7 nitrogen and oxygen atoms in total. The number of likely N-dealkylation sites (N-methyl/N-ethyl adjacent to an activating group) is 1. The minimum atomic E-state index is -1.14. The number of carbonyl (C=O) groups excluding carboxylic acids is 2. The van der Waals surface area contributed by atoms with Crippen molar-refractivity contribution >= 4 is 11.7 Å². The number of carbonyl (C=O) groups is 2. The molecule has 34 heavy (non-hydrogen) atoms. The molecule has 1 fully saturated rings. The van der Waals surface area contributed by atoms with Crippen LogP contribution in [-0.4, -0.2) is 54.7 Å². The van der Waals surface area contributed by atoms with Gasteiger partial charge in [0.15, 0.2) is 12.1 Å².